The number of aromatic amines is 1. The number of aromatic nitrogens is 2. The van der Waals surface area contributed by atoms with E-state index in [9.17, 15) is 9.59 Å². The molecule has 1 saturated carbocycles. The third-order valence-electron chi connectivity index (χ3n) is 6.03. The van der Waals surface area contributed by atoms with Crippen LogP contribution in [0.4, 0.5) is 10.6 Å². The summed E-state index contributed by atoms with van der Waals surface area (Å²) in [5, 5.41) is 10.1. The van der Waals surface area contributed by atoms with E-state index in [1.165, 1.54) is 0 Å². The lowest BCUT2D eigenvalue weighted by Gasteiger charge is -2.35. The van der Waals surface area contributed by atoms with Crippen LogP contribution in [-0.2, 0) is 14.3 Å². The van der Waals surface area contributed by atoms with Gasteiger partial charge in [-0.05, 0) is 45.4 Å². The Bertz CT molecular complexity index is 679. The van der Waals surface area contributed by atoms with Crippen molar-refractivity contribution in [1.82, 2.24) is 15.1 Å². The van der Waals surface area contributed by atoms with Crippen LogP contribution in [0.2, 0.25) is 0 Å². The molecule has 27 heavy (non-hydrogen) atoms. The first kappa shape index (κ1) is 18.3. The summed E-state index contributed by atoms with van der Waals surface area (Å²) in [5.41, 5.74) is 0.985. The van der Waals surface area contributed by atoms with E-state index in [4.69, 9.17) is 9.47 Å². The lowest BCUT2D eigenvalue weighted by Crippen LogP contribution is -2.40. The molecule has 8 heteroatoms. The van der Waals surface area contributed by atoms with Gasteiger partial charge >= 0.3 is 6.09 Å². The third-order valence-corrected chi connectivity index (χ3v) is 6.03. The molecule has 1 aromatic rings. The lowest BCUT2D eigenvalue weighted by molar-refractivity contribution is -0.122. The number of carbonyl (C=O) groups is 2. The van der Waals surface area contributed by atoms with Gasteiger partial charge in [0.05, 0.1) is 0 Å². The molecular weight excluding hydrogens is 348 g/mol. The van der Waals surface area contributed by atoms with Crippen molar-refractivity contribution in [3.63, 3.8) is 0 Å². The molecule has 0 radical (unpaired) electrons. The van der Waals surface area contributed by atoms with Crippen LogP contribution in [0.1, 0.15) is 57.1 Å². The van der Waals surface area contributed by atoms with E-state index in [0.717, 1.165) is 50.8 Å². The maximum absolute atomic E-state index is 12.3. The summed E-state index contributed by atoms with van der Waals surface area (Å²) in [7, 11) is 0. The Labute approximate surface area is 159 Å². The van der Waals surface area contributed by atoms with E-state index in [1.807, 2.05) is 11.0 Å². The quantitative estimate of drug-likeness (QED) is 0.842. The lowest BCUT2D eigenvalue weighted by atomic mass is 9.80. The predicted octanol–water partition coefficient (Wildman–Crippen LogP) is 2.64. The zero-order chi connectivity index (χ0) is 18.8. The molecular formula is C19H28N4O4. The number of H-pyrrole nitrogens is 1. The molecule has 2 saturated heterocycles. The van der Waals surface area contributed by atoms with Gasteiger partial charge in [-0.3, -0.25) is 9.89 Å². The van der Waals surface area contributed by atoms with Crippen LogP contribution < -0.4 is 5.32 Å². The number of ether oxygens (including phenoxy) is 2. The first-order valence-corrected chi connectivity index (χ1v) is 10.0. The van der Waals surface area contributed by atoms with E-state index in [2.05, 4.69) is 22.4 Å². The van der Waals surface area contributed by atoms with Crippen LogP contribution in [-0.4, -0.2) is 59.0 Å². The Morgan fingerprint density at radius 2 is 2.07 bits per heavy atom. The largest absolute Gasteiger partial charge is 0.446 e. The summed E-state index contributed by atoms with van der Waals surface area (Å²) in [6.45, 7) is 4.15. The van der Waals surface area contributed by atoms with E-state index < -0.39 is 0 Å². The molecule has 2 N–H and O–H groups in total. The predicted molar refractivity (Wildman–Crippen MR) is 98.4 cm³/mol. The van der Waals surface area contributed by atoms with Crippen molar-refractivity contribution in [3.05, 3.63) is 11.8 Å². The van der Waals surface area contributed by atoms with Crippen molar-refractivity contribution >= 4 is 17.8 Å². The van der Waals surface area contributed by atoms with Crippen molar-refractivity contribution in [3.8, 4) is 0 Å². The minimum Gasteiger partial charge on any atom is -0.446 e. The Kier molecular flexibility index (Phi) is 5.33. The molecule has 1 aliphatic carbocycles. The van der Waals surface area contributed by atoms with Crippen molar-refractivity contribution < 1.29 is 19.1 Å². The number of hydrogen-bond donors (Lipinski definition) is 2. The smallest absolute Gasteiger partial charge is 0.410 e. The highest BCUT2D eigenvalue weighted by Crippen LogP contribution is 2.39. The van der Waals surface area contributed by atoms with Gasteiger partial charge in [-0.1, -0.05) is 0 Å². The number of hydrogen-bond acceptors (Lipinski definition) is 5. The van der Waals surface area contributed by atoms with Gasteiger partial charge in [-0.15, -0.1) is 0 Å². The zero-order valence-electron chi connectivity index (χ0n) is 15.8. The molecule has 4 rings (SSSR count). The minimum absolute atomic E-state index is 0.000579. The third kappa shape index (κ3) is 4.10. The van der Waals surface area contributed by atoms with Gasteiger partial charge in [0.1, 0.15) is 6.10 Å². The molecule has 2 amide bonds. The molecule has 8 nitrogen and oxygen atoms in total. The highest BCUT2D eigenvalue weighted by Gasteiger charge is 2.37. The second-order valence-electron chi connectivity index (χ2n) is 7.94. The van der Waals surface area contributed by atoms with Gasteiger partial charge in [-0.25, -0.2) is 4.79 Å². The first-order chi connectivity index (χ1) is 13.1. The number of carbonyl (C=O) groups excluding carboxylic acids is 2. The van der Waals surface area contributed by atoms with Crippen molar-refractivity contribution in [1.29, 1.82) is 0 Å². The molecule has 3 fully saturated rings. The molecule has 1 aromatic heterocycles. The van der Waals surface area contributed by atoms with Gasteiger partial charge in [-0.2, -0.15) is 5.10 Å². The number of amides is 2. The summed E-state index contributed by atoms with van der Waals surface area (Å²) >= 11 is 0. The molecule has 1 unspecified atom stereocenters. The van der Waals surface area contributed by atoms with Gasteiger partial charge < -0.3 is 19.7 Å². The van der Waals surface area contributed by atoms with Gasteiger partial charge in [0, 0.05) is 49.4 Å². The maximum Gasteiger partial charge on any atom is 0.410 e. The van der Waals surface area contributed by atoms with E-state index in [-0.39, 0.29) is 30.1 Å². The van der Waals surface area contributed by atoms with Crippen molar-refractivity contribution in [2.45, 2.75) is 63.5 Å². The highest BCUT2D eigenvalue weighted by molar-refractivity contribution is 5.91. The Morgan fingerprint density at radius 3 is 2.78 bits per heavy atom. The zero-order valence-corrected chi connectivity index (χ0v) is 15.8. The van der Waals surface area contributed by atoms with E-state index in [1.54, 1.807) is 0 Å². The van der Waals surface area contributed by atoms with Crippen LogP contribution >= 0.6 is 0 Å². The van der Waals surface area contributed by atoms with Gasteiger partial charge in [0.2, 0.25) is 5.91 Å². The fourth-order valence-electron chi connectivity index (χ4n) is 4.13. The van der Waals surface area contributed by atoms with E-state index >= 15 is 0 Å². The van der Waals surface area contributed by atoms with E-state index in [0.29, 0.717) is 24.9 Å². The molecule has 148 valence electrons. The fraction of sp³-hybridized carbons (Fsp3) is 0.737. The average Bonchev–Trinajstić information content (AvgIpc) is 3.27. The molecule has 3 aliphatic rings. The highest BCUT2D eigenvalue weighted by atomic mass is 16.6. The topological polar surface area (TPSA) is 96.6 Å². The summed E-state index contributed by atoms with van der Waals surface area (Å²) in [4.78, 5) is 26.3. The van der Waals surface area contributed by atoms with Crippen LogP contribution in [0.25, 0.3) is 0 Å². The van der Waals surface area contributed by atoms with Crippen molar-refractivity contribution in [2.24, 2.45) is 5.92 Å². The Hall–Kier alpha value is -2.09. The number of nitrogens with one attached hydrogen (secondary N) is 2. The molecule has 3 heterocycles. The number of anilines is 1. The Balaban J connectivity index is 1.23. The fourth-order valence-corrected chi connectivity index (χ4v) is 4.13. The number of rotatable bonds is 4. The summed E-state index contributed by atoms with van der Waals surface area (Å²) in [5.74, 6) is 0.865. The molecule has 1 atom stereocenters. The average molecular weight is 376 g/mol. The number of likely N-dealkylation sites (tertiary alicyclic amines) is 1. The summed E-state index contributed by atoms with van der Waals surface area (Å²) in [6, 6.07) is 2.17. The van der Waals surface area contributed by atoms with Crippen LogP contribution in [0.3, 0.4) is 0 Å². The molecule has 0 aromatic carbocycles. The normalized spacial score (nSPS) is 28.6. The number of nitrogens with zero attached hydrogens (tertiary/aromatic N) is 2. The van der Waals surface area contributed by atoms with Crippen LogP contribution in [0.15, 0.2) is 6.07 Å². The monoisotopic (exact) mass is 376 g/mol. The SMILES string of the molecule is CC1CCCN1C(=O)OC1CC(c2cc(NC(=O)C3CCOCC3)n[nH]2)C1. The van der Waals surface area contributed by atoms with Crippen molar-refractivity contribution in [2.75, 3.05) is 25.1 Å². The van der Waals surface area contributed by atoms with Crippen LogP contribution in [0, 0.1) is 5.92 Å². The second kappa shape index (κ2) is 7.88. The summed E-state index contributed by atoms with van der Waals surface area (Å²) in [6.07, 6.45) is 5.01. The summed E-state index contributed by atoms with van der Waals surface area (Å²) < 4.78 is 10.9. The van der Waals surface area contributed by atoms with Gasteiger partial charge in [0.25, 0.3) is 0 Å². The van der Waals surface area contributed by atoms with Gasteiger partial charge in [0.15, 0.2) is 5.82 Å². The second-order valence-corrected chi connectivity index (χ2v) is 7.94. The van der Waals surface area contributed by atoms with Crippen LogP contribution in [0.5, 0.6) is 0 Å². The Morgan fingerprint density at radius 1 is 1.30 bits per heavy atom. The first-order valence-electron chi connectivity index (χ1n) is 10.0. The molecule has 2 aliphatic heterocycles. The minimum atomic E-state index is -0.183. The molecule has 0 spiro atoms. The molecule has 0 bridgehead atoms. The standard InChI is InChI=1S/C19H28N4O4/c1-12-3-2-6-23(12)19(25)27-15-9-14(10-15)16-11-17(22-21-16)20-18(24)13-4-7-26-8-5-13/h11-15H,2-10H2,1H3,(H2,20,21,22,24). The maximum atomic E-state index is 12.3.